The van der Waals surface area contributed by atoms with E-state index in [1.165, 1.54) is 19.1 Å². The maximum absolute atomic E-state index is 13.4. The lowest BCUT2D eigenvalue weighted by Crippen LogP contribution is -2.64. The SMILES string of the molecule is CC(=O)Nc1c(Cl)cc(C(=O)NN2CCC(=O)N3CCC[C@@H](C(=O)N[C@H](C=O)CC(=O)O)N3C2=O)cc1Cl. The van der Waals surface area contributed by atoms with Gasteiger partial charge in [0.25, 0.3) is 5.91 Å². The van der Waals surface area contributed by atoms with Crippen LogP contribution in [0.3, 0.4) is 0 Å². The van der Waals surface area contributed by atoms with Crippen LogP contribution in [0.15, 0.2) is 12.1 Å². The fourth-order valence-electron chi connectivity index (χ4n) is 4.00. The van der Waals surface area contributed by atoms with E-state index in [9.17, 15) is 33.6 Å². The number of aldehydes is 1. The number of carboxylic acids is 1. The molecule has 0 aliphatic carbocycles. The number of nitrogens with zero attached hydrogens (tertiary/aromatic N) is 3. The van der Waals surface area contributed by atoms with Gasteiger partial charge in [0, 0.05) is 25.5 Å². The molecule has 2 heterocycles. The molecule has 6 amide bonds. The minimum atomic E-state index is -1.33. The van der Waals surface area contributed by atoms with E-state index >= 15 is 0 Å². The lowest BCUT2D eigenvalue weighted by atomic mass is 10.1. The van der Waals surface area contributed by atoms with Gasteiger partial charge in [-0.05, 0) is 25.0 Å². The Hall–Kier alpha value is -3.91. The molecule has 1 aromatic rings. The van der Waals surface area contributed by atoms with E-state index in [1.54, 1.807) is 0 Å². The molecule has 2 atom stereocenters. The number of halogens is 2. The number of hydrazine groups is 2. The van der Waals surface area contributed by atoms with Crippen LogP contribution >= 0.6 is 23.2 Å². The van der Waals surface area contributed by atoms with E-state index in [-0.39, 0.29) is 53.5 Å². The number of carbonyl (C=O) groups is 7. The van der Waals surface area contributed by atoms with Crippen LogP contribution in [0, 0.1) is 0 Å². The molecule has 1 aromatic carbocycles. The second-order valence-corrected chi connectivity index (χ2v) is 9.30. The summed E-state index contributed by atoms with van der Waals surface area (Å²) < 4.78 is 0. The Balaban J connectivity index is 1.83. The predicted octanol–water partition coefficient (Wildman–Crippen LogP) is 0.789. The molecule has 2 aliphatic rings. The third-order valence-corrected chi connectivity index (χ3v) is 6.29. The van der Waals surface area contributed by atoms with E-state index in [0.717, 1.165) is 15.0 Å². The molecule has 38 heavy (non-hydrogen) atoms. The molecule has 4 N–H and O–H groups in total. The number of benzene rings is 1. The Bertz CT molecular complexity index is 1170. The Morgan fingerprint density at radius 3 is 2.39 bits per heavy atom. The average molecular weight is 571 g/mol. The van der Waals surface area contributed by atoms with Gasteiger partial charge < -0.3 is 20.5 Å². The summed E-state index contributed by atoms with van der Waals surface area (Å²) in [5.74, 6) is -3.85. The summed E-state index contributed by atoms with van der Waals surface area (Å²) in [6.45, 7) is 1.17. The van der Waals surface area contributed by atoms with Crippen molar-refractivity contribution in [3.8, 4) is 0 Å². The molecule has 0 unspecified atom stereocenters. The van der Waals surface area contributed by atoms with E-state index in [2.05, 4.69) is 16.1 Å². The zero-order chi connectivity index (χ0) is 28.1. The van der Waals surface area contributed by atoms with E-state index in [4.69, 9.17) is 28.3 Å². The van der Waals surface area contributed by atoms with Gasteiger partial charge in [0.15, 0.2) is 0 Å². The third kappa shape index (κ3) is 6.50. The molecule has 2 saturated heterocycles. The van der Waals surface area contributed by atoms with E-state index in [0.29, 0.717) is 6.42 Å². The summed E-state index contributed by atoms with van der Waals surface area (Å²) >= 11 is 12.3. The molecule has 0 radical (unpaired) electrons. The average Bonchev–Trinajstić information content (AvgIpc) is 2.97. The van der Waals surface area contributed by atoms with Crippen molar-refractivity contribution in [2.75, 3.05) is 18.4 Å². The lowest BCUT2D eigenvalue weighted by Gasteiger charge is -2.42. The summed E-state index contributed by atoms with van der Waals surface area (Å²) in [5, 5.41) is 16.5. The van der Waals surface area contributed by atoms with Crippen molar-refractivity contribution < 1.29 is 38.7 Å². The maximum Gasteiger partial charge on any atom is 0.358 e. The largest absolute Gasteiger partial charge is 0.481 e. The number of amides is 6. The molecule has 204 valence electrons. The van der Waals surface area contributed by atoms with Gasteiger partial charge in [-0.15, -0.1) is 0 Å². The first-order valence-electron chi connectivity index (χ1n) is 11.4. The third-order valence-electron chi connectivity index (χ3n) is 5.70. The van der Waals surface area contributed by atoms with E-state index < -0.39 is 54.1 Å². The molecule has 0 saturated carbocycles. The molecule has 2 aliphatic heterocycles. The van der Waals surface area contributed by atoms with Gasteiger partial charge in [-0.2, -0.15) is 0 Å². The Morgan fingerprint density at radius 1 is 1.16 bits per heavy atom. The van der Waals surface area contributed by atoms with Crippen LogP contribution < -0.4 is 16.1 Å². The van der Waals surface area contributed by atoms with Gasteiger partial charge in [0.05, 0.1) is 34.7 Å². The predicted molar refractivity (Wildman–Crippen MR) is 132 cm³/mol. The van der Waals surface area contributed by atoms with E-state index in [1.807, 2.05) is 0 Å². The van der Waals surface area contributed by atoms with Crippen LogP contribution in [0.25, 0.3) is 0 Å². The van der Waals surface area contributed by atoms with Crippen molar-refractivity contribution in [3.05, 3.63) is 27.7 Å². The van der Waals surface area contributed by atoms with Gasteiger partial charge in [0.2, 0.25) is 17.7 Å². The molecule has 2 fully saturated rings. The zero-order valence-electron chi connectivity index (χ0n) is 20.0. The summed E-state index contributed by atoms with van der Waals surface area (Å²) in [4.78, 5) is 85.6. The van der Waals surface area contributed by atoms with Crippen molar-refractivity contribution in [2.45, 2.75) is 44.7 Å². The molecular weight excluding hydrogens is 547 g/mol. The minimum absolute atomic E-state index is 0.0275. The maximum atomic E-state index is 13.4. The lowest BCUT2D eigenvalue weighted by molar-refractivity contribution is -0.155. The fourth-order valence-corrected chi connectivity index (χ4v) is 4.58. The fraction of sp³-hybridized carbons (Fsp3) is 0.409. The van der Waals surface area contributed by atoms with Crippen LogP contribution in [0.5, 0.6) is 0 Å². The van der Waals surface area contributed by atoms with Gasteiger partial charge in [-0.3, -0.25) is 29.4 Å². The highest BCUT2D eigenvalue weighted by molar-refractivity contribution is 6.40. The zero-order valence-corrected chi connectivity index (χ0v) is 21.5. The number of rotatable bonds is 8. The van der Waals surface area contributed by atoms with Crippen LogP contribution in [0.2, 0.25) is 10.0 Å². The van der Waals surface area contributed by atoms with Gasteiger partial charge in [0.1, 0.15) is 12.3 Å². The van der Waals surface area contributed by atoms with Crippen molar-refractivity contribution in [3.63, 3.8) is 0 Å². The van der Waals surface area contributed by atoms with Crippen molar-refractivity contribution in [2.24, 2.45) is 0 Å². The van der Waals surface area contributed by atoms with Crippen molar-refractivity contribution in [1.29, 1.82) is 0 Å². The number of aliphatic carboxylic acids is 1. The Morgan fingerprint density at radius 2 is 1.82 bits per heavy atom. The number of hydrogen-bond donors (Lipinski definition) is 4. The highest BCUT2D eigenvalue weighted by Crippen LogP contribution is 2.32. The first-order chi connectivity index (χ1) is 17.9. The first-order valence-corrected chi connectivity index (χ1v) is 12.1. The second kappa shape index (κ2) is 12.1. The standard InChI is InChI=1S/C22H24Cl2N6O8/c1-11(32)25-19-14(23)7-12(8-15(19)24)20(36)27-28-6-4-17(33)29-5-2-3-16(30(29)22(28)38)21(37)26-13(10-31)9-18(34)35/h7-8,10,13,16H,2-6,9H2,1H3,(H,25,32)(H,26,37)(H,27,36)(H,34,35)/t13-,16-/m0/s1. The molecular formula is C22H24Cl2N6O8. The summed E-state index contributed by atoms with van der Waals surface area (Å²) in [5.41, 5.74) is 2.43. The number of hydrogen-bond acceptors (Lipinski definition) is 7. The molecule has 16 heteroatoms. The van der Waals surface area contributed by atoms with Crippen molar-refractivity contribution >= 4 is 70.8 Å². The molecule has 14 nitrogen and oxygen atoms in total. The highest BCUT2D eigenvalue weighted by Gasteiger charge is 2.44. The number of fused-ring (bicyclic) bond motifs is 1. The van der Waals surface area contributed by atoms with Gasteiger partial charge in [-0.25, -0.2) is 19.8 Å². The summed E-state index contributed by atoms with van der Waals surface area (Å²) in [7, 11) is 0. The number of anilines is 1. The summed E-state index contributed by atoms with van der Waals surface area (Å²) in [6.07, 6.45) is -0.0790. The van der Waals surface area contributed by atoms with Gasteiger partial charge in [-0.1, -0.05) is 23.2 Å². The molecule has 0 spiro atoms. The monoisotopic (exact) mass is 570 g/mol. The number of urea groups is 1. The second-order valence-electron chi connectivity index (χ2n) is 8.49. The van der Waals surface area contributed by atoms with Gasteiger partial charge >= 0.3 is 12.0 Å². The Kier molecular flexibility index (Phi) is 9.12. The molecule has 0 aromatic heterocycles. The Labute approximate surface area is 226 Å². The summed E-state index contributed by atoms with van der Waals surface area (Å²) in [6, 6.07) is -1.01. The number of nitrogens with one attached hydrogen (secondary N) is 3. The quantitative estimate of drug-likeness (QED) is 0.330. The highest BCUT2D eigenvalue weighted by atomic mass is 35.5. The van der Waals surface area contributed by atoms with Crippen LogP contribution in [0.4, 0.5) is 10.5 Å². The molecule has 0 bridgehead atoms. The van der Waals surface area contributed by atoms with Crippen LogP contribution in [-0.2, 0) is 24.0 Å². The first kappa shape index (κ1) is 28.7. The van der Waals surface area contributed by atoms with Crippen LogP contribution in [0.1, 0.15) is 43.0 Å². The topological polar surface area (TPSA) is 186 Å². The van der Waals surface area contributed by atoms with Crippen LogP contribution in [-0.4, -0.2) is 87.2 Å². The number of carboxylic acid groups (broad SMARTS) is 1. The molecule has 3 rings (SSSR count). The minimum Gasteiger partial charge on any atom is -0.481 e. The number of carbonyl (C=O) groups excluding carboxylic acids is 6. The normalized spacial score (nSPS) is 18.2. The smallest absolute Gasteiger partial charge is 0.358 e. The van der Waals surface area contributed by atoms with Crippen molar-refractivity contribution in [1.82, 2.24) is 25.8 Å².